The second-order valence-electron chi connectivity index (χ2n) is 5.23. The largest absolute Gasteiger partial charge is 0.303 e. The number of nitrogens with zero attached hydrogens (tertiary/aromatic N) is 1. The van der Waals surface area contributed by atoms with Crippen molar-refractivity contribution in [3.05, 3.63) is 52.7 Å². The highest BCUT2D eigenvalue weighted by atomic mass is 32.1. The van der Waals surface area contributed by atoms with E-state index in [1.807, 2.05) is 23.7 Å². The first-order valence-electron chi connectivity index (χ1n) is 6.89. The van der Waals surface area contributed by atoms with Gasteiger partial charge >= 0.3 is 0 Å². The normalized spacial score (nSPS) is 14.6. The minimum absolute atomic E-state index is 0.286. The van der Waals surface area contributed by atoms with Gasteiger partial charge in [0.1, 0.15) is 0 Å². The molecule has 104 valence electrons. The quantitative estimate of drug-likeness (QED) is 0.748. The summed E-state index contributed by atoms with van der Waals surface area (Å²) in [6.07, 6.45) is 3.82. The van der Waals surface area contributed by atoms with Crippen LogP contribution in [0.25, 0.3) is 10.1 Å². The van der Waals surface area contributed by atoms with Gasteiger partial charge in [-0.15, -0.1) is 11.3 Å². The number of H-pyrrole nitrogens is 1. The van der Waals surface area contributed by atoms with Crippen LogP contribution in [0.3, 0.4) is 0 Å². The Balaban J connectivity index is 1.85. The highest BCUT2D eigenvalue weighted by Crippen LogP contribution is 2.35. The van der Waals surface area contributed by atoms with Gasteiger partial charge in [-0.1, -0.05) is 18.2 Å². The molecule has 0 amide bonds. The number of rotatable bonds is 4. The molecule has 0 fully saturated rings. The van der Waals surface area contributed by atoms with E-state index in [0.717, 1.165) is 0 Å². The molecule has 20 heavy (non-hydrogen) atoms. The van der Waals surface area contributed by atoms with Crippen molar-refractivity contribution in [2.45, 2.75) is 32.9 Å². The smallest absolute Gasteiger partial charge is 0.0534 e. The zero-order chi connectivity index (χ0) is 14.1. The number of fused-ring (bicyclic) bond motifs is 1. The lowest BCUT2D eigenvalue weighted by molar-refractivity contribution is 0.499. The Bertz CT molecular complexity index is 700. The number of benzene rings is 1. The van der Waals surface area contributed by atoms with Crippen molar-refractivity contribution in [3.63, 3.8) is 0 Å². The van der Waals surface area contributed by atoms with Crippen LogP contribution in [0.4, 0.5) is 0 Å². The summed E-state index contributed by atoms with van der Waals surface area (Å²) < 4.78 is 1.37. The van der Waals surface area contributed by atoms with Crippen LogP contribution in [0, 0.1) is 6.92 Å². The van der Waals surface area contributed by atoms with Gasteiger partial charge in [0.05, 0.1) is 6.20 Å². The van der Waals surface area contributed by atoms with Crippen molar-refractivity contribution in [3.8, 4) is 0 Å². The number of aromatic amines is 1. The first-order chi connectivity index (χ1) is 9.66. The predicted molar refractivity (Wildman–Crippen MR) is 85.1 cm³/mol. The number of thiophene rings is 1. The maximum atomic E-state index is 4.01. The summed E-state index contributed by atoms with van der Waals surface area (Å²) in [4.78, 5) is 1.42. The van der Waals surface area contributed by atoms with E-state index < -0.39 is 0 Å². The van der Waals surface area contributed by atoms with Gasteiger partial charge in [0, 0.05) is 33.4 Å². The van der Waals surface area contributed by atoms with E-state index in [1.165, 1.54) is 26.1 Å². The molecule has 2 aromatic heterocycles. The topological polar surface area (TPSA) is 40.7 Å². The average Bonchev–Trinajstić information content (AvgIpc) is 3.07. The van der Waals surface area contributed by atoms with Crippen LogP contribution in [0.5, 0.6) is 0 Å². The van der Waals surface area contributed by atoms with E-state index in [9.17, 15) is 0 Å². The van der Waals surface area contributed by atoms with Crippen molar-refractivity contribution in [2.24, 2.45) is 0 Å². The van der Waals surface area contributed by atoms with Gasteiger partial charge < -0.3 is 5.32 Å². The molecule has 0 saturated heterocycles. The van der Waals surface area contributed by atoms with Gasteiger partial charge in [0.2, 0.25) is 0 Å². The Morgan fingerprint density at radius 2 is 2.00 bits per heavy atom. The second kappa shape index (κ2) is 5.38. The Hall–Kier alpha value is -1.65. The summed E-state index contributed by atoms with van der Waals surface area (Å²) in [7, 11) is 0. The van der Waals surface area contributed by atoms with Crippen molar-refractivity contribution < 1.29 is 0 Å². The number of aromatic nitrogens is 2. The third-order valence-corrected chi connectivity index (χ3v) is 5.25. The fourth-order valence-electron chi connectivity index (χ4n) is 2.65. The molecule has 0 aliphatic carbocycles. The molecule has 0 bridgehead atoms. The molecule has 3 nitrogen and oxygen atoms in total. The molecule has 2 N–H and O–H groups in total. The first-order valence-corrected chi connectivity index (χ1v) is 7.71. The highest BCUT2D eigenvalue weighted by molar-refractivity contribution is 7.19. The van der Waals surface area contributed by atoms with Crippen molar-refractivity contribution >= 4 is 21.4 Å². The van der Waals surface area contributed by atoms with Gasteiger partial charge in [0.15, 0.2) is 0 Å². The maximum Gasteiger partial charge on any atom is 0.0534 e. The van der Waals surface area contributed by atoms with Crippen LogP contribution in [0.2, 0.25) is 0 Å². The monoisotopic (exact) mass is 285 g/mol. The van der Waals surface area contributed by atoms with Crippen LogP contribution in [-0.4, -0.2) is 10.2 Å². The van der Waals surface area contributed by atoms with Gasteiger partial charge in [-0.3, -0.25) is 5.10 Å². The van der Waals surface area contributed by atoms with Crippen molar-refractivity contribution in [1.29, 1.82) is 0 Å². The van der Waals surface area contributed by atoms with Crippen molar-refractivity contribution in [2.75, 3.05) is 0 Å². The van der Waals surface area contributed by atoms with E-state index >= 15 is 0 Å². The van der Waals surface area contributed by atoms with Crippen LogP contribution in [0.15, 0.2) is 36.7 Å². The lowest BCUT2D eigenvalue weighted by atomic mass is 10.1. The van der Waals surface area contributed by atoms with E-state index in [-0.39, 0.29) is 6.04 Å². The third kappa shape index (κ3) is 2.37. The number of hydrogen-bond donors (Lipinski definition) is 2. The molecule has 3 rings (SSSR count). The molecule has 0 aliphatic heterocycles. The standard InChI is InChI=1S/C16H19N3S/c1-10-14-6-4-5-7-15(14)20-16(10)12(3)19-11(2)13-8-17-18-9-13/h4-9,11-12,19H,1-3H3,(H,17,18). The molecule has 0 radical (unpaired) electrons. The molecule has 0 spiro atoms. The SMILES string of the molecule is Cc1c(C(C)NC(C)c2cn[nH]c2)sc2ccccc12. The number of aryl methyl sites for hydroxylation is 1. The summed E-state index contributed by atoms with van der Waals surface area (Å²) in [5.74, 6) is 0. The lowest BCUT2D eigenvalue weighted by Crippen LogP contribution is -2.21. The molecule has 4 heteroatoms. The predicted octanol–water partition coefficient (Wildman–Crippen LogP) is 4.34. The van der Waals surface area contributed by atoms with Crippen LogP contribution < -0.4 is 5.32 Å². The molecule has 2 atom stereocenters. The zero-order valence-electron chi connectivity index (χ0n) is 12.0. The fourth-order valence-corrected chi connectivity index (χ4v) is 3.87. The zero-order valence-corrected chi connectivity index (χ0v) is 12.8. The first kappa shape index (κ1) is 13.3. The van der Waals surface area contributed by atoms with Gasteiger partial charge in [-0.2, -0.15) is 5.10 Å². The van der Waals surface area contributed by atoms with Gasteiger partial charge in [-0.25, -0.2) is 0 Å². The molecular formula is C16H19N3S. The van der Waals surface area contributed by atoms with Crippen LogP contribution >= 0.6 is 11.3 Å². The fraction of sp³-hybridized carbons (Fsp3) is 0.312. The molecule has 2 heterocycles. The van der Waals surface area contributed by atoms with E-state index in [4.69, 9.17) is 0 Å². The Kier molecular flexibility index (Phi) is 3.59. The highest BCUT2D eigenvalue weighted by Gasteiger charge is 2.17. The summed E-state index contributed by atoms with van der Waals surface area (Å²) in [6, 6.07) is 9.23. The lowest BCUT2D eigenvalue weighted by Gasteiger charge is -2.18. The Labute approximate surface area is 123 Å². The third-order valence-electron chi connectivity index (χ3n) is 3.79. The average molecular weight is 285 g/mol. The summed E-state index contributed by atoms with van der Waals surface area (Å²) in [6.45, 7) is 6.62. The maximum absolute atomic E-state index is 4.01. The summed E-state index contributed by atoms with van der Waals surface area (Å²) in [5, 5.41) is 11.9. The number of nitrogens with one attached hydrogen (secondary N) is 2. The molecule has 2 unspecified atom stereocenters. The second-order valence-corrected chi connectivity index (χ2v) is 6.31. The van der Waals surface area contributed by atoms with Crippen LogP contribution in [-0.2, 0) is 0 Å². The summed E-state index contributed by atoms with van der Waals surface area (Å²) in [5.41, 5.74) is 2.58. The molecule has 0 saturated carbocycles. The molecule has 3 aromatic rings. The minimum Gasteiger partial charge on any atom is -0.303 e. The Morgan fingerprint density at radius 1 is 1.20 bits per heavy atom. The van der Waals surface area contributed by atoms with Gasteiger partial charge in [-0.05, 0) is 37.8 Å². The molecule has 1 aromatic carbocycles. The van der Waals surface area contributed by atoms with E-state index in [2.05, 4.69) is 60.6 Å². The minimum atomic E-state index is 0.286. The Morgan fingerprint density at radius 3 is 2.70 bits per heavy atom. The van der Waals surface area contributed by atoms with Crippen molar-refractivity contribution in [1.82, 2.24) is 15.5 Å². The van der Waals surface area contributed by atoms with E-state index in [1.54, 1.807) is 0 Å². The molecular weight excluding hydrogens is 266 g/mol. The van der Waals surface area contributed by atoms with E-state index in [0.29, 0.717) is 6.04 Å². The number of hydrogen-bond acceptors (Lipinski definition) is 3. The van der Waals surface area contributed by atoms with Gasteiger partial charge in [0.25, 0.3) is 0 Å². The molecule has 0 aliphatic rings. The summed E-state index contributed by atoms with van der Waals surface area (Å²) >= 11 is 1.89. The van der Waals surface area contributed by atoms with Crippen LogP contribution in [0.1, 0.15) is 41.9 Å².